The molecule has 34 heavy (non-hydrogen) atoms. The molecule has 0 radical (unpaired) electrons. The number of benzene rings is 1. The van der Waals surface area contributed by atoms with E-state index in [4.69, 9.17) is 15.6 Å². The summed E-state index contributed by atoms with van der Waals surface area (Å²) in [5.74, 6) is -0.978. The van der Waals surface area contributed by atoms with Crippen LogP contribution in [-0.2, 0) is 25.4 Å². The van der Waals surface area contributed by atoms with Gasteiger partial charge in [0.1, 0.15) is 22.8 Å². The van der Waals surface area contributed by atoms with E-state index in [1.807, 2.05) is 0 Å². The van der Waals surface area contributed by atoms with E-state index in [1.54, 1.807) is 74.4 Å². The average molecular weight is 480 g/mol. The molecule has 0 saturated heterocycles. The quantitative estimate of drug-likeness (QED) is 0.142. The molecule has 10 heteroatoms. The van der Waals surface area contributed by atoms with Gasteiger partial charge >= 0.3 is 18.2 Å². The number of alkyl carbamates (subject to hydrolysis) is 1. The molecule has 0 spiro atoms. The lowest BCUT2D eigenvalue weighted by Gasteiger charge is -2.26. The lowest BCUT2D eigenvalue weighted by atomic mass is 10.0. The van der Waals surface area contributed by atoms with Gasteiger partial charge in [-0.25, -0.2) is 14.4 Å². The van der Waals surface area contributed by atoms with Crippen LogP contribution >= 0.6 is 0 Å². The van der Waals surface area contributed by atoms with Gasteiger partial charge in [0.2, 0.25) is 0 Å². The average Bonchev–Trinajstić information content (AvgIpc) is 2.65. The van der Waals surface area contributed by atoms with Gasteiger partial charge in [0.25, 0.3) is 0 Å². The number of esters is 1. The molecule has 0 unspecified atom stereocenters. The number of nitrogens with one attached hydrogen (secondary N) is 2. The predicted octanol–water partition coefficient (Wildman–Crippen LogP) is 4.42. The third-order valence-corrected chi connectivity index (χ3v) is 3.80. The summed E-state index contributed by atoms with van der Waals surface area (Å²) in [5.41, 5.74) is -1.48. The maximum absolute atomic E-state index is 12.7. The molecule has 1 aromatic carbocycles. The van der Waals surface area contributed by atoms with Crippen molar-refractivity contribution >= 4 is 24.0 Å². The van der Waals surface area contributed by atoms with Crippen molar-refractivity contribution in [2.45, 2.75) is 91.6 Å². The second-order valence-corrected chi connectivity index (χ2v) is 10.7. The van der Waals surface area contributed by atoms with Crippen LogP contribution in [0.1, 0.15) is 73.4 Å². The highest BCUT2D eigenvalue weighted by Crippen LogP contribution is 2.16. The standard InChI is InChI=1S/C24H37N3O7/c1-22(2,3)32-19(28)17(26-20(29)33-23(4,5)6)14-15-10-12-16(13-11-15)18(25)27(31)21(30)34-24(7,8)9/h10-13,17,25,31H,14H2,1-9H3,(H,26,29)/b25-18+/t17-/m0/s1. The minimum Gasteiger partial charge on any atom is -0.458 e. The van der Waals surface area contributed by atoms with Crippen LogP contribution in [0.25, 0.3) is 0 Å². The Bertz CT molecular complexity index is 926. The minimum atomic E-state index is -1.08. The van der Waals surface area contributed by atoms with Gasteiger partial charge in [-0.1, -0.05) is 24.3 Å². The molecule has 0 bridgehead atoms. The molecule has 0 aromatic heterocycles. The van der Waals surface area contributed by atoms with Crippen LogP contribution in [-0.4, -0.2) is 57.1 Å². The number of carbonyl (C=O) groups excluding carboxylic acids is 3. The van der Waals surface area contributed by atoms with Gasteiger partial charge in [0, 0.05) is 12.0 Å². The summed E-state index contributed by atoms with van der Waals surface area (Å²) >= 11 is 0. The van der Waals surface area contributed by atoms with Crippen LogP contribution in [0, 0.1) is 5.40 Å². The molecule has 3 N–H and O–H groups in total. The Balaban J connectivity index is 3.08. The maximum atomic E-state index is 12.7. The van der Waals surface area contributed by atoms with Gasteiger partial charge in [-0.2, -0.15) is 0 Å². The third kappa shape index (κ3) is 10.7. The lowest BCUT2D eigenvalue weighted by Crippen LogP contribution is -2.47. The molecule has 0 aliphatic rings. The van der Waals surface area contributed by atoms with Crippen LogP contribution < -0.4 is 5.32 Å². The molecule has 1 rings (SSSR count). The molecule has 2 amide bonds. The fourth-order valence-corrected chi connectivity index (χ4v) is 2.56. The first kappa shape index (κ1) is 27.1. The van der Waals surface area contributed by atoms with Crippen molar-refractivity contribution in [1.29, 1.82) is 5.40 Å². The SMILES string of the molecule is [H]/N=C(\c1ccc(C[C@H](NC(=O)OC(C)(C)C)C(=O)OC(C)(C)C)cc1)N(O)C(=O)OC(C)(C)C. The van der Waals surface area contributed by atoms with Gasteiger partial charge in [-0.05, 0) is 67.9 Å². The van der Waals surface area contributed by atoms with Crippen molar-refractivity contribution in [1.82, 2.24) is 10.4 Å². The third-order valence-electron chi connectivity index (χ3n) is 3.80. The van der Waals surface area contributed by atoms with Gasteiger partial charge in [0.05, 0.1) is 0 Å². The van der Waals surface area contributed by atoms with Crippen molar-refractivity contribution in [3.8, 4) is 0 Å². The molecular formula is C24H37N3O7. The summed E-state index contributed by atoms with van der Waals surface area (Å²) in [5, 5.41) is 16.1. The largest absolute Gasteiger partial charge is 0.458 e. The molecule has 0 saturated carbocycles. The molecule has 1 aromatic rings. The molecule has 1 atom stereocenters. The van der Waals surface area contributed by atoms with Crippen LogP contribution in [0.15, 0.2) is 24.3 Å². The van der Waals surface area contributed by atoms with Gasteiger partial charge in [-0.3, -0.25) is 10.6 Å². The summed E-state index contributed by atoms with van der Waals surface area (Å²) in [4.78, 5) is 37.2. The van der Waals surface area contributed by atoms with Gasteiger partial charge < -0.3 is 19.5 Å². The Morgan fingerprint density at radius 2 is 1.44 bits per heavy atom. The molecule has 0 heterocycles. The van der Waals surface area contributed by atoms with E-state index in [1.165, 1.54) is 12.1 Å². The van der Waals surface area contributed by atoms with E-state index in [9.17, 15) is 19.6 Å². The van der Waals surface area contributed by atoms with E-state index >= 15 is 0 Å². The zero-order valence-corrected chi connectivity index (χ0v) is 21.4. The Morgan fingerprint density at radius 3 is 1.88 bits per heavy atom. The zero-order valence-electron chi connectivity index (χ0n) is 22.4. The summed E-state index contributed by atoms with van der Waals surface area (Å²) < 4.78 is 23.1. The first-order chi connectivity index (χ1) is 15.8. The number of amides is 2. The summed E-state index contributed by atoms with van der Waals surface area (Å²) in [6.07, 6.45) is -1.77. The highest BCUT2D eigenvalue weighted by Gasteiger charge is 2.29. The van der Waals surface area contributed by atoms with E-state index in [0.717, 1.165) is 0 Å². The predicted molar refractivity (Wildman–Crippen MR) is 126 cm³/mol. The number of hydrogen-bond donors (Lipinski definition) is 3. The molecular weight excluding hydrogens is 442 g/mol. The number of nitrogens with zero attached hydrogens (tertiary/aromatic N) is 1. The number of rotatable bonds is 5. The second-order valence-electron chi connectivity index (χ2n) is 10.7. The minimum absolute atomic E-state index is 0.0801. The number of hydroxylamine groups is 2. The zero-order chi connectivity index (χ0) is 27.2. The Hall–Kier alpha value is -3.14. The first-order valence-corrected chi connectivity index (χ1v) is 10.9. The monoisotopic (exact) mass is 479 g/mol. The van der Waals surface area contributed by atoms with Crippen molar-refractivity contribution in [3.05, 3.63) is 35.4 Å². The van der Waals surface area contributed by atoms with Crippen LogP contribution in [0.4, 0.5) is 9.59 Å². The molecule has 10 nitrogen and oxygen atoms in total. The van der Waals surface area contributed by atoms with Crippen LogP contribution in [0.2, 0.25) is 1.41 Å². The van der Waals surface area contributed by atoms with E-state index < -0.39 is 41.0 Å². The number of carbonyl (C=O) groups is 3. The van der Waals surface area contributed by atoms with Crippen LogP contribution in [0.3, 0.4) is 0 Å². The van der Waals surface area contributed by atoms with Gasteiger partial charge in [0.15, 0.2) is 7.25 Å². The molecule has 0 aliphatic carbocycles. The van der Waals surface area contributed by atoms with Crippen LogP contribution in [0.5, 0.6) is 0 Å². The Morgan fingerprint density at radius 1 is 0.941 bits per heavy atom. The van der Waals surface area contributed by atoms with E-state index in [0.29, 0.717) is 5.56 Å². The maximum Gasteiger partial charge on any atom is 0.440 e. The molecule has 0 aliphatic heterocycles. The van der Waals surface area contributed by atoms with Crippen molar-refractivity contribution in [2.75, 3.05) is 0 Å². The van der Waals surface area contributed by atoms with Crippen molar-refractivity contribution in [3.63, 3.8) is 0 Å². The highest BCUT2D eigenvalue weighted by molar-refractivity contribution is 6.03. The number of hydrogen-bond acceptors (Lipinski definition) is 8. The normalized spacial score (nSPS) is 13.9. The number of amidine groups is 1. The van der Waals surface area contributed by atoms with Crippen molar-refractivity contribution in [2.24, 2.45) is 0 Å². The summed E-state index contributed by atoms with van der Waals surface area (Å²) in [7, 11) is 0. The van der Waals surface area contributed by atoms with E-state index in [2.05, 4.69) is 10.7 Å². The highest BCUT2D eigenvalue weighted by atomic mass is 16.6. The fraction of sp³-hybridized carbons (Fsp3) is 0.583. The van der Waals surface area contributed by atoms with E-state index in [-0.39, 0.29) is 22.9 Å². The summed E-state index contributed by atoms with van der Waals surface area (Å²) in [6.45, 7) is 15.2. The van der Waals surface area contributed by atoms with Gasteiger partial charge in [-0.15, -0.1) is 5.06 Å². The topological polar surface area (TPSA) is 138 Å². The van der Waals surface area contributed by atoms with Crippen molar-refractivity contribution < 1.29 is 35.2 Å². The summed E-state index contributed by atoms with van der Waals surface area (Å²) in [6, 6.07) is 5.21. The molecule has 190 valence electrons. The molecule has 0 fully saturated rings. The first-order valence-electron chi connectivity index (χ1n) is 11.3. The Kier molecular flexibility index (Phi) is 8.66. The number of ether oxygens (including phenoxy) is 3. The fourth-order valence-electron chi connectivity index (χ4n) is 2.56. The second kappa shape index (κ2) is 10.9. The lowest BCUT2D eigenvalue weighted by molar-refractivity contribution is -0.157. The Labute approximate surface area is 202 Å². The smallest absolute Gasteiger partial charge is 0.440 e.